The lowest BCUT2D eigenvalue weighted by molar-refractivity contribution is 0.147. The summed E-state index contributed by atoms with van der Waals surface area (Å²) in [5.74, 6) is 0.822. The molecule has 0 spiro atoms. The Bertz CT molecular complexity index is 397. The monoisotopic (exact) mass is 279 g/mol. The second kappa shape index (κ2) is 5.73. The van der Waals surface area contributed by atoms with Crippen LogP contribution < -0.4 is 10.6 Å². The molecule has 17 heavy (non-hydrogen) atoms. The second-order valence-electron chi connectivity index (χ2n) is 3.90. The van der Waals surface area contributed by atoms with Crippen LogP contribution in [0.1, 0.15) is 6.92 Å². The number of hydrogen-bond donors (Lipinski definition) is 4. The maximum absolute atomic E-state index is 9.18. The molecule has 0 saturated carbocycles. The molecule has 1 aromatic rings. The van der Waals surface area contributed by atoms with Crippen molar-refractivity contribution in [1.82, 2.24) is 4.98 Å². The number of nitrogens with one attached hydrogen (secondary N) is 2. The van der Waals surface area contributed by atoms with Crippen LogP contribution in [0.3, 0.4) is 0 Å². The third-order valence-corrected chi connectivity index (χ3v) is 2.86. The van der Waals surface area contributed by atoms with Gasteiger partial charge in [0.05, 0.1) is 28.8 Å². The van der Waals surface area contributed by atoms with E-state index in [1.54, 1.807) is 20.0 Å². The van der Waals surface area contributed by atoms with Crippen molar-refractivity contribution >= 4 is 34.8 Å². The van der Waals surface area contributed by atoms with Crippen LogP contribution in [0.4, 0.5) is 11.6 Å². The van der Waals surface area contributed by atoms with Crippen molar-refractivity contribution in [2.24, 2.45) is 0 Å². The number of aliphatic hydroxyl groups is 2. The molecule has 0 aromatic carbocycles. The minimum atomic E-state index is -0.893. The average molecular weight is 280 g/mol. The van der Waals surface area contributed by atoms with Gasteiger partial charge in [0.25, 0.3) is 0 Å². The molecule has 5 nitrogen and oxygen atoms in total. The topological polar surface area (TPSA) is 77.4 Å². The summed E-state index contributed by atoms with van der Waals surface area (Å²) in [5, 5.41) is 24.8. The molecule has 0 fully saturated rings. The zero-order chi connectivity index (χ0) is 13.1. The van der Waals surface area contributed by atoms with Crippen LogP contribution in [-0.2, 0) is 0 Å². The highest BCUT2D eigenvalue weighted by molar-refractivity contribution is 6.37. The van der Waals surface area contributed by atoms with Gasteiger partial charge in [0, 0.05) is 7.05 Å². The zero-order valence-electron chi connectivity index (χ0n) is 9.59. The van der Waals surface area contributed by atoms with Crippen molar-refractivity contribution in [2.75, 3.05) is 30.9 Å². The largest absolute Gasteiger partial charge is 0.394 e. The summed E-state index contributed by atoms with van der Waals surface area (Å²) in [4.78, 5) is 4.16. The molecule has 0 radical (unpaired) electrons. The normalized spacial score (nSPS) is 11.4. The van der Waals surface area contributed by atoms with Crippen LogP contribution in [0, 0.1) is 0 Å². The third-order valence-electron chi connectivity index (χ3n) is 2.28. The van der Waals surface area contributed by atoms with Crippen molar-refractivity contribution in [1.29, 1.82) is 0 Å². The fourth-order valence-corrected chi connectivity index (χ4v) is 1.64. The number of anilines is 2. The molecule has 1 rings (SSSR count). The third kappa shape index (κ3) is 3.35. The first kappa shape index (κ1) is 14.3. The minimum absolute atomic E-state index is 0.251. The Morgan fingerprint density at radius 2 is 1.76 bits per heavy atom. The van der Waals surface area contributed by atoms with E-state index in [-0.39, 0.29) is 13.2 Å². The number of nitrogens with zero attached hydrogens (tertiary/aromatic N) is 1. The molecule has 4 N–H and O–H groups in total. The van der Waals surface area contributed by atoms with E-state index in [9.17, 15) is 10.2 Å². The Morgan fingerprint density at radius 1 is 1.24 bits per heavy atom. The number of pyridine rings is 1. The molecule has 0 aliphatic rings. The van der Waals surface area contributed by atoms with Crippen molar-refractivity contribution < 1.29 is 10.2 Å². The molecule has 0 amide bonds. The molecule has 0 atom stereocenters. The molecule has 7 heteroatoms. The van der Waals surface area contributed by atoms with E-state index < -0.39 is 5.54 Å². The lowest BCUT2D eigenvalue weighted by Gasteiger charge is -2.27. The Hall–Kier alpha value is -0.750. The first-order valence-corrected chi connectivity index (χ1v) is 5.75. The number of aliphatic hydroxyl groups excluding tert-OH is 2. The molecular formula is C10H15Cl2N3O2. The Morgan fingerprint density at radius 3 is 2.24 bits per heavy atom. The molecule has 0 unspecified atom stereocenters. The first-order chi connectivity index (χ1) is 7.95. The SMILES string of the molecule is CNc1nc(NC(C)(CO)CO)c(Cl)cc1Cl. The van der Waals surface area contributed by atoms with Crippen LogP contribution in [-0.4, -0.2) is 41.0 Å². The van der Waals surface area contributed by atoms with E-state index in [1.165, 1.54) is 0 Å². The molecule has 0 aliphatic carbocycles. The van der Waals surface area contributed by atoms with Crippen molar-refractivity contribution in [3.05, 3.63) is 16.1 Å². The number of aromatic nitrogens is 1. The van der Waals surface area contributed by atoms with Crippen LogP contribution in [0.25, 0.3) is 0 Å². The van der Waals surface area contributed by atoms with Gasteiger partial charge in [-0.1, -0.05) is 23.2 Å². The maximum Gasteiger partial charge on any atom is 0.147 e. The van der Waals surface area contributed by atoms with Gasteiger partial charge in [-0.25, -0.2) is 4.98 Å². The van der Waals surface area contributed by atoms with Gasteiger partial charge in [0.15, 0.2) is 0 Å². The van der Waals surface area contributed by atoms with Crippen LogP contribution in [0.2, 0.25) is 10.0 Å². The molecule has 0 aliphatic heterocycles. The summed E-state index contributed by atoms with van der Waals surface area (Å²) in [7, 11) is 1.68. The van der Waals surface area contributed by atoms with E-state index in [0.29, 0.717) is 21.7 Å². The average Bonchev–Trinajstić information content (AvgIpc) is 2.32. The molecule has 1 heterocycles. The molecule has 0 bridgehead atoms. The number of hydrogen-bond acceptors (Lipinski definition) is 5. The quantitative estimate of drug-likeness (QED) is 0.659. The van der Waals surface area contributed by atoms with E-state index in [0.717, 1.165) is 0 Å². The molecule has 0 saturated heterocycles. The Kier molecular flexibility index (Phi) is 4.82. The summed E-state index contributed by atoms with van der Waals surface area (Å²) in [6.45, 7) is 1.15. The predicted octanol–water partition coefficient (Wildman–Crippen LogP) is 1.59. The predicted molar refractivity (Wildman–Crippen MR) is 70.0 cm³/mol. The molecule has 1 aromatic heterocycles. The molecule has 96 valence electrons. The lowest BCUT2D eigenvalue weighted by Crippen LogP contribution is -2.42. The highest BCUT2D eigenvalue weighted by Crippen LogP contribution is 2.30. The van der Waals surface area contributed by atoms with Crippen LogP contribution in [0.5, 0.6) is 0 Å². The smallest absolute Gasteiger partial charge is 0.147 e. The summed E-state index contributed by atoms with van der Waals surface area (Å²) in [5.41, 5.74) is -0.893. The van der Waals surface area contributed by atoms with E-state index in [1.807, 2.05) is 0 Å². The minimum Gasteiger partial charge on any atom is -0.394 e. The number of halogens is 2. The Balaban J connectivity index is 3.06. The fourth-order valence-electron chi connectivity index (χ4n) is 1.14. The van der Waals surface area contributed by atoms with Gasteiger partial charge in [-0.15, -0.1) is 0 Å². The standard InChI is InChI=1S/C10H15Cl2N3O2/c1-10(4-16,5-17)15-9-7(12)3-6(11)8(13-2)14-9/h3,16-17H,4-5H2,1-2H3,(H2,13,14,15). The van der Waals surface area contributed by atoms with Crippen molar-refractivity contribution in [2.45, 2.75) is 12.5 Å². The second-order valence-corrected chi connectivity index (χ2v) is 4.72. The maximum atomic E-state index is 9.18. The summed E-state index contributed by atoms with van der Waals surface area (Å²) < 4.78 is 0. The van der Waals surface area contributed by atoms with E-state index in [4.69, 9.17) is 23.2 Å². The van der Waals surface area contributed by atoms with Crippen molar-refractivity contribution in [3.63, 3.8) is 0 Å². The van der Waals surface area contributed by atoms with E-state index in [2.05, 4.69) is 15.6 Å². The van der Waals surface area contributed by atoms with Crippen LogP contribution in [0.15, 0.2) is 6.07 Å². The first-order valence-electron chi connectivity index (χ1n) is 4.99. The summed E-state index contributed by atoms with van der Waals surface area (Å²) in [6, 6.07) is 1.54. The highest BCUT2D eigenvalue weighted by Gasteiger charge is 2.24. The number of rotatable bonds is 5. The van der Waals surface area contributed by atoms with Crippen LogP contribution >= 0.6 is 23.2 Å². The Labute approximate surface area is 110 Å². The van der Waals surface area contributed by atoms with E-state index >= 15 is 0 Å². The van der Waals surface area contributed by atoms with Crippen molar-refractivity contribution in [3.8, 4) is 0 Å². The van der Waals surface area contributed by atoms with Gasteiger partial charge in [-0.3, -0.25) is 0 Å². The highest BCUT2D eigenvalue weighted by atomic mass is 35.5. The summed E-state index contributed by atoms with van der Waals surface area (Å²) >= 11 is 11.9. The fraction of sp³-hybridized carbons (Fsp3) is 0.500. The lowest BCUT2D eigenvalue weighted by atomic mass is 10.1. The van der Waals surface area contributed by atoms with Gasteiger partial charge in [0.1, 0.15) is 11.6 Å². The summed E-state index contributed by atoms with van der Waals surface area (Å²) in [6.07, 6.45) is 0. The molecular weight excluding hydrogens is 265 g/mol. The van der Waals surface area contributed by atoms with Gasteiger partial charge in [0.2, 0.25) is 0 Å². The zero-order valence-corrected chi connectivity index (χ0v) is 11.1. The van der Waals surface area contributed by atoms with Gasteiger partial charge < -0.3 is 20.8 Å². The van der Waals surface area contributed by atoms with Gasteiger partial charge in [-0.05, 0) is 13.0 Å². The van der Waals surface area contributed by atoms with Gasteiger partial charge >= 0.3 is 0 Å². The van der Waals surface area contributed by atoms with Gasteiger partial charge in [-0.2, -0.15) is 0 Å².